The van der Waals surface area contributed by atoms with Crippen LogP contribution in [0, 0.1) is 0 Å². The van der Waals surface area contributed by atoms with Gasteiger partial charge in [0, 0.05) is 6.72 Å². The first-order valence-corrected chi connectivity index (χ1v) is 3.73. The molecular formula is C4H9NO2S. The normalized spacial score (nSPS) is 11.9. The molecule has 0 saturated heterocycles. The Balaban J connectivity index is 4.40. The maximum Gasteiger partial charge on any atom is 0.254 e. The molecule has 8 heavy (non-hydrogen) atoms. The van der Waals surface area contributed by atoms with Gasteiger partial charge >= 0.3 is 0 Å². The van der Waals surface area contributed by atoms with Gasteiger partial charge in [-0.1, -0.05) is 0 Å². The van der Waals surface area contributed by atoms with Gasteiger partial charge in [0.25, 0.3) is 10.0 Å². The lowest BCUT2D eigenvalue weighted by Crippen LogP contribution is -2.09. The van der Waals surface area contributed by atoms with Crippen LogP contribution in [0.2, 0.25) is 0 Å². The summed E-state index contributed by atoms with van der Waals surface area (Å²) in [7, 11) is -3.22. The van der Waals surface area contributed by atoms with E-state index in [9.17, 15) is 8.42 Å². The minimum Gasteiger partial charge on any atom is -0.204 e. The molecule has 0 aromatic rings. The molecule has 0 aromatic carbocycles. The zero-order valence-corrected chi connectivity index (χ0v) is 5.77. The number of hydrogen-bond donors (Lipinski definition) is 0. The molecule has 0 amide bonds. The van der Waals surface area contributed by atoms with Crippen LogP contribution in [0.3, 0.4) is 0 Å². The third kappa shape index (κ3) is 1.61. The largest absolute Gasteiger partial charge is 0.254 e. The summed E-state index contributed by atoms with van der Waals surface area (Å²) in [5, 5.41) is -0.444. The minimum atomic E-state index is -3.22. The lowest BCUT2D eigenvalue weighted by atomic mass is 10.6. The van der Waals surface area contributed by atoms with Crippen molar-refractivity contribution in [1.29, 1.82) is 0 Å². The predicted molar refractivity (Wildman–Crippen MR) is 33.6 cm³/mol. The van der Waals surface area contributed by atoms with Crippen molar-refractivity contribution in [3.8, 4) is 0 Å². The molecule has 0 bridgehead atoms. The average molecular weight is 135 g/mol. The predicted octanol–water partition coefficient (Wildman–Crippen LogP) is 0.425. The number of sulfonamides is 1. The van der Waals surface area contributed by atoms with Crippen LogP contribution in [-0.2, 0) is 10.0 Å². The van der Waals surface area contributed by atoms with Crippen LogP contribution < -0.4 is 0 Å². The fourth-order valence-corrected chi connectivity index (χ4v) is 0.447. The van der Waals surface area contributed by atoms with E-state index in [2.05, 4.69) is 11.1 Å². The van der Waals surface area contributed by atoms with Crippen LogP contribution in [-0.4, -0.2) is 20.4 Å². The molecule has 0 aliphatic heterocycles. The first-order chi connectivity index (χ1) is 3.50. The molecule has 0 fully saturated rings. The summed E-state index contributed by atoms with van der Waals surface area (Å²) in [4.78, 5) is 0. The summed E-state index contributed by atoms with van der Waals surface area (Å²) in [6.45, 7) is 6.03. The van der Waals surface area contributed by atoms with Gasteiger partial charge in [0.2, 0.25) is 0 Å². The Hall–Kier alpha value is -0.380. The summed E-state index contributed by atoms with van der Waals surface area (Å²) in [5.74, 6) is 0. The van der Waals surface area contributed by atoms with E-state index in [1.807, 2.05) is 0 Å². The van der Waals surface area contributed by atoms with Gasteiger partial charge in [-0.25, -0.2) is 8.42 Å². The van der Waals surface area contributed by atoms with E-state index in [-0.39, 0.29) is 0 Å². The van der Waals surface area contributed by atoms with Gasteiger partial charge in [0.05, 0.1) is 5.25 Å². The van der Waals surface area contributed by atoms with E-state index in [0.717, 1.165) is 0 Å². The first-order valence-electron chi connectivity index (χ1n) is 2.22. The van der Waals surface area contributed by atoms with Crippen molar-refractivity contribution in [1.82, 2.24) is 0 Å². The Morgan fingerprint density at radius 2 is 1.88 bits per heavy atom. The molecule has 0 radical (unpaired) electrons. The second-order valence-electron chi connectivity index (χ2n) is 1.69. The topological polar surface area (TPSA) is 46.5 Å². The molecular weight excluding hydrogens is 126 g/mol. The Morgan fingerprint density at radius 3 is 1.88 bits per heavy atom. The highest BCUT2D eigenvalue weighted by molar-refractivity contribution is 7.90. The second kappa shape index (κ2) is 2.26. The van der Waals surface area contributed by atoms with Gasteiger partial charge in [0.1, 0.15) is 0 Å². The fourth-order valence-electron chi connectivity index (χ4n) is 0.149. The van der Waals surface area contributed by atoms with Gasteiger partial charge < -0.3 is 0 Å². The summed E-state index contributed by atoms with van der Waals surface area (Å²) >= 11 is 0. The minimum absolute atomic E-state index is 0.444. The zero-order valence-electron chi connectivity index (χ0n) is 4.96. The lowest BCUT2D eigenvalue weighted by Gasteiger charge is -1.96. The highest BCUT2D eigenvalue weighted by Crippen LogP contribution is 1.98. The van der Waals surface area contributed by atoms with Crippen molar-refractivity contribution in [3.63, 3.8) is 0 Å². The molecule has 4 heteroatoms. The van der Waals surface area contributed by atoms with Gasteiger partial charge in [0.15, 0.2) is 0 Å². The van der Waals surface area contributed by atoms with E-state index < -0.39 is 15.3 Å². The van der Waals surface area contributed by atoms with Crippen LogP contribution in [0.25, 0.3) is 0 Å². The van der Waals surface area contributed by atoms with Crippen molar-refractivity contribution < 1.29 is 8.42 Å². The third-order valence-electron chi connectivity index (χ3n) is 0.776. The van der Waals surface area contributed by atoms with Gasteiger partial charge in [-0.15, -0.1) is 0 Å². The Kier molecular flexibility index (Phi) is 2.15. The maximum atomic E-state index is 10.5. The smallest absolute Gasteiger partial charge is 0.204 e. The SMILES string of the molecule is C=NS(=O)(=O)C(C)C. The Morgan fingerprint density at radius 1 is 1.50 bits per heavy atom. The number of hydrogen-bond acceptors (Lipinski definition) is 2. The van der Waals surface area contributed by atoms with Crippen LogP contribution in [0.5, 0.6) is 0 Å². The van der Waals surface area contributed by atoms with E-state index in [1.165, 1.54) is 0 Å². The van der Waals surface area contributed by atoms with Crippen LogP contribution >= 0.6 is 0 Å². The highest BCUT2D eigenvalue weighted by Gasteiger charge is 2.10. The van der Waals surface area contributed by atoms with Crippen molar-refractivity contribution in [2.45, 2.75) is 19.1 Å². The molecule has 3 nitrogen and oxygen atoms in total. The van der Waals surface area contributed by atoms with Crippen LogP contribution in [0.4, 0.5) is 0 Å². The molecule has 0 aromatic heterocycles. The molecule has 0 aliphatic rings. The van der Waals surface area contributed by atoms with Crippen molar-refractivity contribution in [2.75, 3.05) is 0 Å². The van der Waals surface area contributed by atoms with E-state index >= 15 is 0 Å². The summed E-state index contributed by atoms with van der Waals surface area (Å²) in [5.41, 5.74) is 0. The van der Waals surface area contributed by atoms with Gasteiger partial charge in [-0.05, 0) is 13.8 Å². The zero-order chi connectivity index (χ0) is 6.78. The molecule has 0 heterocycles. The standard InChI is InChI=1S/C4H9NO2S/c1-4(2)8(6,7)5-3/h4H,3H2,1-2H3. The molecule has 0 spiro atoms. The van der Waals surface area contributed by atoms with Crippen molar-refractivity contribution >= 4 is 16.7 Å². The van der Waals surface area contributed by atoms with Crippen molar-refractivity contribution in [2.24, 2.45) is 4.40 Å². The van der Waals surface area contributed by atoms with Crippen LogP contribution in [0.15, 0.2) is 4.40 Å². The maximum absolute atomic E-state index is 10.5. The Labute approximate surface area is 49.5 Å². The monoisotopic (exact) mass is 135 g/mol. The van der Waals surface area contributed by atoms with Crippen LogP contribution in [0.1, 0.15) is 13.8 Å². The van der Waals surface area contributed by atoms with Crippen molar-refractivity contribution in [3.05, 3.63) is 0 Å². The van der Waals surface area contributed by atoms with E-state index in [0.29, 0.717) is 0 Å². The average Bonchev–Trinajstić information content (AvgIpc) is 1.67. The number of rotatable bonds is 2. The Bertz CT molecular complexity index is 168. The molecule has 0 saturated carbocycles. The summed E-state index contributed by atoms with van der Waals surface area (Å²) in [6.07, 6.45) is 0. The van der Waals surface area contributed by atoms with E-state index in [4.69, 9.17) is 0 Å². The molecule has 0 rings (SSSR count). The molecule has 48 valence electrons. The van der Waals surface area contributed by atoms with Gasteiger partial charge in [-0.2, -0.15) is 4.40 Å². The highest BCUT2D eigenvalue weighted by atomic mass is 32.2. The molecule has 0 unspecified atom stereocenters. The summed E-state index contributed by atoms with van der Waals surface area (Å²) < 4.78 is 23.9. The third-order valence-corrected chi connectivity index (χ3v) is 2.33. The van der Waals surface area contributed by atoms with E-state index in [1.54, 1.807) is 13.8 Å². The summed E-state index contributed by atoms with van der Waals surface area (Å²) in [6, 6.07) is 0. The quantitative estimate of drug-likeness (QED) is 0.515. The first kappa shape index (κ1) is 7.62. The number of nitrogens with zero attached hydrogens (tertiary/aromatic N) is 1. The lowest BCUT2D eigenvalue weighted by molar-refractivity contribution is 0.589. The van der Waals surface area contributed by atoms with Gasteiger partial charge in [-0.3, -0.25) is 0 Å². The fraction of sp³-hybridized carbons (Fsp3) is 0.750. The molecule has 0 N–H and O–H groups in total. The molecule has 0 atom stereocenters. The second-order valence-corrected chi connectivity index (χ2v) is 3.92. The molecule has 0 aliphatic carbocycles.